The lowest BCUT2D eigenvalue weighted by Gasteiger charge is -2.10. The van der Waals surface area contributed by atoms with Crippen molar-refractivity contribution in [3.05, 3.63) is 58.1 Å². The summed E-state index contributed by atoms with van der Waals surface area (Å²) < 4.78 is 6.93. The molecule has 0 radical (unpaired) electrons. The van der Waals surface area contributed by atoms with Crippen LogP contribution in [0, 0.1) is 0 Å². The Kier molecular flexibility index (Phi) is 5.63. The molecule has 0 aliphatic carbocycles. The molecule has 0 aliphatic heterocycles. The van der Waals surface area contributed by atoms with Crippen LogP contribution in [0.15, 0.2) is 47.6 Å². The van der Waals surface area contributed by atoms with Gasteiger partial charge in [-0.3, -0.25) is 14.4 Å². The Morgan fingerprint density at radius 3 is 2.73 bits per heavy atom. The molecular weight excluding hydrogens is 323 g/mol. The zero-order valence-electron chi connectivity index (χ0n) is 12.3. The van der Waals surface area contributed by atoms with Crippen LogP contribution in [0.4, 0.5) is 0 Å². The summed E-state index contributed by atoms with van der Waals surface area (Å²) in [6.07, 6.45) is 1.66. The van der Waals surface area contributed by atoms with E-state index in [1.54, 1.807) is 36.5 Å². The van der Waals surface area contributed by atoms with Crippen LogP contribution >= 0.6 is 23.2 Å². The first-order chi connectivity index (χ1) is 10.5. The number of rotatable bonds is 4. The minimum absolute atomic E-state index is 0.0908. The van der Waals surface area contributed by atoms with Gasteiger partial charge in [-0.1, -0.05) is 29.3 Å². The third-order valence-electron chi connectivity index (χ3n) is 2.74. The van der Waals surface area contributed by atoms with E-state index in [-0.39, 0.29) is 18.6 Å². The molecular formula is C16H16Cl2N2O2. The second kappa shape index (κ2) is 7.47. The number of ether oxygens (including phenoxy) is 1. The number of carbonyl (C=O) groups is 1. The summed E-state index contributed by atoms with van der Waals surface area (Å²) >= 11 is 11.8. The van der Waals surface area contributed by atoms with Crippen molar-refractivity contribution in [1.29, 1.82) is 0 Å². The summed E-state index contributed by atoms with van der Waals surface area (Å²) in [5.41, 5.74) is 0.591. The molecule has 6 heteroatoms. The van der Waals surface area contributed by atoms with Crippen LogP contribution in [0.1, 0.15) is 18.6 Å². The first-order valence-corrected chi connectivity index (χ1v) is 7.55. The number of pyridine rings is 1. The van der Waals surface area contributed by atoms with Gasteiger partial charge < -0.3 is 4.74 Å². The molecule has 0 bridgehead atoms. The van der Waals surface area contributed by atoms with Gasteiger partial charge in [-0.2, -0.15) is 0 Å². The smallest absolute Gasteiger partial charge is 0.270 e. The van der Waals surface area contributed by atoms with Gasteiger partial charge in [0.1, 0.15) is 11.2 Å². The van der Waals surface area contributed by atoms with Crippen molar-refractivity contribution < 1.29 is 9.53 Å². The zero-order valence-corrected chi connectivity index (χ0v) is 13.8. The molecule has 0 amide bonds. The third-order valence-corrected chi connectivity index (χ3v) is 3.27. The van der Waals surface area contributed by atoms with Gasteiger partial charge in [0.25, 0.3) is 5.91 Å². The molecule has 0 unspecified atom stereocenters. The lowest BCUT2D eigenvalue weighted by Crippen LogP contribution is -2.31. The number of aromatic nitrogens is 1. The molecule has 1 heterocycles. The average Bonchev–Trinajstić information content (AvgIpc) is 2.46. The van der Waals surface area contributed by atoms with Gasteiger partial charge in [0.15, 0.2) is 6.61 Å². The van der Waals surface area contributed by atoms with Crippen LogP contribution in [0.2, 0.25) is 10.0 Å². The summed E-state index contributed by atoms with van der Waals surface area (Å²) in [6, 6.07) is 10.3. The van der Waals surface area contributed by atoms with E-state index in [0.29, 0.717) is 21.3 Å². The summed E-state index contributed by atoms with van der Waals surface area (Å²) in [6.45, 7) is 3.76. The highest BCUT2D eigenvalue weighted by molar-refractivity contribution is 6.35. The Labute approximate surface area is 139 Å². The molecule has 0 saturated carbocycles. The van der Waals surface area contributed by atoms with Crippen LogP contribution in [0.25, 0.3) is 0 Å². The first-order valence-electron chi connectivity index (χ1n) is 6.80. The van der Waals surface area contributed by atoms with Gasteiger partial charge in [0.05, 0.1) is 5.02 Å². The minimum Gasteiger partial charge on any atom is -0.482 e. The Morgan fingerprint density at radius 2 is 2.05 bits per heavy atom. The van der Waals surface area contributed by atoms with E-state index in [0.717, 1.165) is 0 Å². The van der Waals surface area contributed by atoms with Crippen molar-refractivity contribution in [2.75, 3.05) is 6.61 Å². The van der Waals surface area contributed by atoms with Crippen LogP contribution in [-0.4, -0.2) is 23.1 Å². The average molecular weight is 339 g/mol. The van der Waals surface area contributed by atoms with Crippen molar-refractivity contribution in [3.8, 4) is 5.75 Å². The summed E-state index contributed by atoms with van der Waals surface area (Å²) in [5, 5.41) is 0.879. The summed E-state index contributed by atoms with van der Waals surface area (Å²) in [4.78, 5) is 16.7. The number of nitrogens with zero attached hydrogens (tertiary/aromatic N) is 2. The fourth-order valence-corrected chi connectivity index (χ4v) is 2.28. The van der Waals surface area contributed by atoms with Gasteiger partial charge in [-0.05, 0) is 44.2 Å². The van der Waals surface area contributed by atoms with E-state index in [1.165, 1.54) is 4.57 Å². The van der Waals surface area contributed by atoms with E-state index < -0.39 is 0 Å². The fraction of sp³-hybridized carbons (Fsp3) is 0.250. The van der Waals surface area contributed by atoms with Crippen molar-refractivity contribution in [1.82, 2.24) is 4.57 Å². The second-order valence-corrected chi connectivity index (χ2v) is 5.75. The third kappa shape index (κ3) is 4.36. The van der Waals surface area contributed by atoms with E-state index >= 15 is 0 Å². The molecule has 0 spiro atoms. The number of halogens is 2. The molecule has 0 atom stereocenters. The molecule has 2 aromatic rings. The Bertz CT molecular complexity index is 739. The van der Waals surface area contributed by atoms with Gasteiger partial charge in [-0.25, -0.2) is 0 Å². The molecule has 1 aromatic heterocycles. The largest absolute Gasteiger partial charge is 0.482 e. The highest BCUT2D eigenvalue weighted by Gasteiger charge is 2.09. The highest BCUT2D eigenvalue weighted by atomic mass is 35.5. The van der Waals surface area contributed by atoms with Gasteiger partial charge >= 0.3 is 0 Å². The topological polar surface area (TPSA) is 43.6 Å². The van der Waals surface area contributed by atoms with Crippen molar-refractivity contribution in [2.24, 2.45) is 4.99 Å². The summed E-state index contributed by atoms with van der Waals surface area (Å²) in [5.74, 6) is 0.185. The SMILES string of the molecule is CC(C)N=c1ccccn1C(=O)COc1ccc(Cl)cc1Cl. The zero-order chi connectivity index (χ0) is 16.1. The monoisotopic (exact) mass is 338 g/mol. The highest BCUT2D eigenvalue weighted by Crippen LogP contribution is 2.27. The Hall–Kier alpha value is -1.78. The Morgan fingerprint density at radius 1 is 1.27 bits per heavy atom. The van der Waals surface area contributed by atoms with Crippen LogP contribution in [-0.2, 0) is 0 Å². The molecule has 116 valence electrons. The number of hydrogen-bond donors (Lipinski definition) is 0. The number of benzene rings is 1. The van der Waals surface area contributed by atoms with Crippen LogP contribution < -0.4 is 10.2 Å². The molecule has 0 aliphatic rings. The molecule has 2 rings (SSSR count). The lowest BCUT2D eigenvalue weighted by molar-refractivity contribution is 0.0832. The van der Waals surface area contributed by atoms with E-state index in [2.05, 4.69) is 4.99 Å². The van der Waals surface area contributed by atoms with E-state index in [1.807, 2.05) is 19.9 Å². The predicted octanol–water partition coefficient (Wildman–Crippen LogP) is 3.82. The standard InChI is InChI=1S/C16H16Cl2N2O2/c1-11(2)19-15-5-3-4-8-20(15)16(21)10-22-14-7-6-12(17)9-13(14)18/h3-9,11H,10H2,1-2H3. The van der Waals surface area contributed by atoms with Crippen LogP contribution in [0.5, 0.6) is 5.75 Å². The first kappa shape index (κ1) is 16.6. The molecule has 0 N–H and O–H groups in total. The molecule has 0 fully saturated rings. The van der Waals surface area contributed by atoms with Gasteiger partial charge in [0, 0.05) is 17.3 Å². The van der Waals surface area contributed by atoms with Crippen molar-refractivity contribution in [2.45, 2.75) is 19.9 Å². The predicted molar refractivity (Wildman–Crippen MR) is 87.7 cm³/mol. The summed E-state index contributed by atoms with van der Waals surface area (Å²) in [7, 11) is 0. The molecule has 0 saturated heterocycles. The second-order valence-electron chi connectivity index (χ2n) is 4.91. The molecule has 22 heavy (non-hydrogen) atoms. The minimum atomic E-state index is -0.231. The Balaban J connectivity index is 2.17. The normalized spacial score (nSPS) is 11.8. The number of carbonyl (C=O) groups excluding carboxylic acids is 1. The molecule has 1 aromatic carbocycles. The molecule has 4 nitrogen and oxygen atoms in total. The van der Waals surface area contributed by atoms with Gasteiger partial charge in [0.2, 0.25) is 0 Å². The van der Waals surface area contributed by atoms with Crippen molar-refractivity contribution >= 4 is 29.1 Å². The maximum Gasteiger partial charge on any atom is 0.270 e. The lowest BCUT2D eigenvalue weighted by atomic mass is 10.3. The number of hydrogen-bond acceptors (Lipinski definition) is 3. The maximum atomic E-state index is 12.3. The fourth-order valence-electron chi connectivity index (χ4n) is 1.82. The van der Waals surface area contributed by atoms with Crippen molar-refractivity contribution in [3.63, 3.8) is 0 Å². The van der Waals surface area contributed by atoms with E-state index in [4.69, 9.17) is 27.9 Å². The van der Waals surface area contributed by atoms with Crippen LogP contribution in [0.3, 0.4) is 0 Å². The maximum absolute atomic E-state index is 12.3. The quantitative estimate of drug-likeness (QED) is 0.850. The van der Waals surface area contributed by atoms with Gasteiger partial charge in [-0.15, -0.1) is 0 Å². The van der Waals surface area contributed by atoms with E-state index in [9.17, 15) is 4.79 Å².